The number of aryl methyl sites for hydroxylation is 1. The Morgan fingerprint density at radius 3 is 2.80 bits per heavy atom. The van der Waals surface area contributed by atoms with E-state index in [1.165, 1.54) is 29.8 Å². The molecule has 2 heterocycles. The molecule has 0 aliphatic carbocycles. The Hall–Kier alpha value is -3.88. The number of phenolic OH excluding ortho intramolecular Hbond substituents is 1. The third kappa shape index (κ3) is 3.34. The van der Waals surface area contributed by atoms with Crippen LogP contribution in [-0.2, 0) is 4.79 Å². The van der Waals surface area contributed by atoms with E-state index in [2.05, 4.69) is 15.5 Å². The fraction of sp³-hybridized carbons (Fsp3) is 0.238. The molecule has 154 valence electrons. The monoisotopic (exact) mass is 407 g/mol. The maximum absolute atomic E-state index is 12.9. The standard InChI is InChI=1S/C21H21N5O4/c1-12-22-16-7-5-4-6-15(16)21(29)25(12)23-20-11-17(26(24-20)13(2)27)14-8-9-18(28)19(10-14)30-3/h4-10,17,28H,11H2,1-3H3,(H,23,24). The van der Waals surface area contributed by atoms with Crippen LogP contribution in [0, 0.1) is 6.92 Å². The van der Waals surface area contributed by atoms with E-state index >= 15 is 0 Å². The molecule has 0 spiro atoms. The van der Waals surface area contributed by atoms with Crippen LogP contribution in [0.2, 0.25) is 0 Å². The number of aromatic nitrogens is 2. The number of carbonyl (C=O) groups excluding carboxylic acids is 1. The number of phenols is 1. The molecule has 1 unspecified atom stereocenters. The second-order valence-electron chi connectivity index (χ2n) is 6.99. The van der Waals surface area contributed by atoms with Gasteiger partial charge in [-0.25, -0.2) is 9.99 Å². The summed E-state index contributed by atoms with van der Waals surface area (Å²) in [5.74, 6) is 1.01. The van der Waals surface area contributed by atoms with Crippen molar-refractivity contribution in [2.24, 2.45) is 5.10 Å². The molecule has 0 radical (unpaired) electrons. The molecule has 4 rings (SSSR count). The first-order valence-corrected chi connectivity index (χ1v) is 9.38. The lowest BCUT2D eigenvalue weighted by Gasteiger charge is -2.22. The maximum atomic E-state index is 12.9. The van der Waals surface area contributed by atoms with Crippen molar-refractivity contribution in [1.82, 2.24) is 20.1 Å². The Labute approximate surface area is 172 Å². The molecule has 1 amide bonds. The maximum Gasteiger partial charge on any atom is 0.282 e. The van der Waals surface area contributed by atoms with Crippen molar-refractivity contribution in [3.8, 4) is 11.5 Å². The highest BCUT2D eigenvalue weighted by Crippen LogP contribution is 2.34. The minimum absolute atomic E-state index is 0.0138. The first kappa shape index (κ1) is 19.4. The second-order valence-corrected chi connectivity index (χ2v) is 6.99. The summed E-state index contributed by atoms with van der Waals surface area (Å²) in [6, 6.07) is 11.6. The fourth-order valence-electron chi connectivity index (χ4n) is 3.54. The zero-order chi connectivity index (χ0) is 21.4. The SMILES string of the molecule is COc1cc(C2CC(=Nn3c(C)nc4ccccc4c3=O)NN2C(C)=O)ccc1O. The lowest BCUT2D eigenvalue weighted by atomic mass is 10.0. The minimum atomic E-state index is -0.375. The van der Waals surface area contributed by atoms with E-state index in [4.69, 9.17) is 4.74 Å². The summed E-state index contributed by atoms with van der Waals surface area (Å²) in [7, 11) is 1.46. The van der Waals surface area contributed by atoms with E-state index < -0.39 is 0 Å². The summed E-state index contributed by atoms with van der Waals surface area (Å²) in [4.78, 5) is 29.5. The predicted octanol–water partition coefficient (Wildman–Crippen LogP) is 2.08. The van der Waals surface area contributed by atoms with Crippen molar-refractivity contribution in [3.63, 3.8) is 0 Å². The number of methoxy groups -OCH3 is 1. The number of hydrogen-bond donors (Lipinski definition) is 2. The summed E-state index contributed by atoms with van der Waals surface area (Å²) in [6.45, 7) is 3.15. The average molecular weight is 407 g/mol. The lowest BCUT2D eigenvalue weighted by Crippen LogP contribution is -2.39. The van der Waals surface area contributed by atoms with Crippen molar-refractivity contribution in [2.75, 3.05) is 7.11 Å². The van der Waals surface area contributed by atoms with Crippen LogP contribution >= 0.6 is 0 Å². The van der Waals surface area contributed by atoms with E-state index in [0.717, 1.165) is 5.56 Å². The molecular weight excluding hydrogens is 386 g/mol. The van der Waals surface area contributed by atoms with Crippen molar-refractivity contribution in [2.45, 2.75) is 26.3 Å². The summed E-state index contributed by atoms with van der Waals surface area (Å²) in [5.41, 5.74) is 4.07. The Morgan fingerprint density at radius 1 is 1.30 bits per heavy atom. The Balaban J connectivity index is 1.75. The highest BCUT2D eigenvalue weighted by Gasteiger charge is 2.33. The highest BCUT2D eigenvalue weighted by atomic mass is 16.5. The minimum Gasteiger partial charge on any atom is -0.504 e. The molecule has 0 bridgehead atoms. The number of hydrazine groups is 1. The molecule has 30 heavy (non-hydrogen) atoms. The number of nitrogens with zero attached hydrogens (tertiary/aromatic N) is 4. The summed E-state index contributed by atoms with van der Waals surface area (Å²) < 4.78 is 6.42. The molecule has 9 heteroatoms. The van der Waals surface area contributed by atoms with Crippen LogP contribution in [0.25, 0.3) is 10.9 Å². The van der Waals surface area contributed by atoms with Crippen LogP contribution in [0.3, 0.4) is 0 Å². The molecule has 1 aliphatic rings. The van der Waals surface area contributed by atoms with Crippen LogP contribution in [0.4, 0.5) is 0 Å². The molecule has 1 atom stereocenters. The van der Waals surface area contributed by atoms with Gasteiger partial charge in [-0.1, -0.05) is 18.2 Å². The van der Waals surface area contributed by atoms with Gasteiger partial charge < -0.3 is 9.84 Å². The zero-order valence-corrected chi connectivity index (χ0v) is 16.8. The van der Waals surface area contributed by atoms with Gasteiger partial charge >= 0.3 is 0 Å². The molecule has 1 fully saturated rings. The number of rotatable bonds is 3. The van der Waals surface area contributed by atoms with Gasteiger partial charge in [0.2, 0.25) is 5.91 Å². The number of aromatic hydroxyl groups is 1. The van der Waals surface area contributed by atoms with Gasteiger partial charge in [0.05, 0.1) is 24.1 Å². The van der Waals surface area contributed by atoms with Crippen LogP contribution in [0.5, 0.6) is 11.5 Å². The number of para-hydroxylation sites is 1. The van der Waals surface area contributed by atoms with Crippen LogP contribution in [0.15, 0.2) is 52.4 Å². The van der Waals surface area contributed by atoms with Crippen molar-refractivity contribution in [3.05, 3.63) is 64.2 Å². The number of amidine groups is 1. The Bertz CT molecular complexity index is 1230. The van der Waals surface area contributed by atoms with Crippen molar-refractivity contribution < 1.29 is 14.6 Å². The number of hydrogen-bond acceptors (Lipinski definition) is 6. The Kier molecular flexibility index (Phi) is 4.86. The molecule has 0 saturated carbocycles. The van der Waals surface area contributed by atoms with Gasteiger partial charge in [0.15, 0.2) is 11.5 Å². The number of fused-ring (bicyclic) bond motifs is 1. The van der Waals surface area contributed by atoms with Gasteiger partial charge in [0.1, 0.15) is 11.7 Å². The molecule has 2 aromatic carbocycles. The number of ether oxygens (including phenoxy) is 1. The van der Waals surface area contributed by atoms with E-state index in [9.17, 15) is 14.7 Å². The summed E-state index contributed by atoms with van der Waals surface area (Å²) >= 11 is 0. The van der Waals surface area contributed by atoms with Gasteiger partial charge in [-0.05, 0) is 36.8 Å². The predicted molar refractivity (Wildman–Crippen MR) is 111 cm³/mol. The molecule has 1 saturated heterocycles. The van der Waals surface area contributed by atoms with E-state index in [0.29, 0.717) is 34.7 Å². The smallest absolute Gasteiger partial charge is 0.282 e. The van der Waals surface area contributed by atoms with Gasteiger partial charge in [-0.2, -0.15) is 4.68 Å². The van der Waals surface area contributed by atoms with Crippen molar-refractivity contribution in [1.29, 1.82) is 0 Å². The fourth-order valence-corrected chi connectivity index (χ4v) is 3.54. The third-order valence-corrected chi connectivity index (χ3v) is 5.01. The van der Waals surface area contributed by atoms with E-state index in [1.807, 2.05) is 6.07 Å². The van der Waals surface area contributed by atoms with Gasteiger partial charge in [-0.15, -0.1) is 5.10 Å². The largest absolute Gasteiger partial charge is 0.504 e. The zero-order valence-electron chi connectivity index (χ0n) is 16.8. The number of nitrogens with one attached hydrogen (secondary N) is 1. The quantitative estimate of drug-likeness (QED) is 0.688. The highest BCUT2D eigenvalue weighted by molar-refractivity contribution is 5.89. The third-order valence-electron chi connectivity index (χ3n) is 5.01. The lowest BCUT2D eigenvalue weighted by molar-refractivity contribution is -0.132. The van der Waals surface area contributed by atoms with E-state index in [1.54, 1.807) is 37.3 Å². The molecule has 1 aromatic heterocycles. The normalized spacial score (nSPS) is 17.4. The number of amides is 1. The molecule has 1 aliphatic heterocycles. The van der Waals surface area contributed by atoms with Gasteiger partial charge in [0, 0.05) is 13.3 Å². The number of carbonyl (C=O) groups is 1. The first-order valence-electron chi connectivity index (χ1n) is 9.38. The molecule has 9 nitrogen and oxygen atoms in total. The number of benzene rings is 2. The Morgan fingerprint density at radius 2 is 2.07 bits per heavy atom. The topological polar surface area (TPSA) is 109 Å². The van der Waals surface area contributed by atoms with Gasteiger partial charge in [-0.3, -0.25) is 15.0 Å². The van der Waals surface area contributed by atoms with Gasteiger partial charge in [0.25, 0.3) is 5.56 Å². The van der Waals surface area contributed by atoms with Crippen molar-refractivity contribution >= 4 is 22.6 Å². The molecule has 2 N–H and O–H groups in total. The average Bonchev–Trinajstić information content (AvgIpc) is 3.16. The van der Waals surface area contributed by atoms with Crippen LogP contribution in [-0.4, -0.2) is 38.6 Å². The van der Waals surface area contributed by atoms with Crippen LogP contribution < -0.4 is 15.7 Å². The molecular formula is C21H21N5O4. The van der Waals surface area contributed by atoms with Crippen LogP contribution in [0.1, 0.15) is 30.8 Å². The summed E-state index contributed by atoms with van der Waals surface area (Å²) in [5, 5.41) is 16.2. The second kappa shape index (κ2) is 7.51. The summed E-state index contributed by atoms with van der Waals surface area (Å²) in [6.07, 6.45) is 0.353. The molecule has 3 aromatic rings. The van der Waals surface area contributed by atoms with E-state index in [-0.39, 0.29) is 23.3 Å². The first-order chi connectivity index (χ1) is 14.4.